The Balaban J connectivity index is 2.32. The van der Waals surface area contributed by atoms with Crippen LogP contribution in [0.1, 0.15) is 0 Å². The van der Waals surface area contributed by atoms with Gasteiger partial charge in [-0.15, -0.1) is 0 Å². The highest BCUT2D eigenvalue weighted by Gasteiger charge is 1.94. The Bertz CT molecular complexity index is 161. The zero-order valence-electron chi connectivity index (χ0n) is 5.30. The van der Waals surface area contributed by atoms with Crippen molar-refractivity contribution in [1.29, 1.82) is 0 Å². The van der Waals surface area contributed by atoms with Crippen molar-refractivity contribution in [3.63, 3.8) is 0 Å². The van der Waals surface area contributed by atoms with Gasteiger partial charge in [-0.05, 0) is 0 Å². The maximum absolute atomic E-state index is 5.34. The minimum atomic E-state index is 0.700. The van der Waals surface area contributed by atoms with Crippen LogP contribution in [-0.2, 0) is 0 Å². The molecule has 0 aromatic heterocycles. The Labute approximate surface area is 55.3 Å². The Morgan fingerprint density at radius 3 is 3.11 bits per heavy atom. The average Bonchev–Trinajstić information content (AvgIpc) is 1.91. The summed E-state index contributed by atoms with van der Waals surface area (Å²) in [6, 6.07) is 0. The second-order valence-corrected chi connectivity index (χ2v) is 1.90. The summed E-state index contributed by atoms with van der Waals surface area (Å²) in [5.41, 5.74) is 5.34. The van der Waals surface area contributed by atoms with Gasteiger partial charge in [-0.3, -0.25) is 0 Å². The number of rotatable bonds is 2. The normalized spacial score (nSPS) is 15.0. The molecule has 1 aliphatic rings. The molecule has 1 aliphatic heterocycles. The molecule has 0 amide bonds. The van der Waals surface area contributed by atoms with Crippen LogP contribution in [0.15, 0.2) is 12.3 Å². The second-order valence-electron chi connectivity index (χ2n) is 1.90. The lowest BCUT2D eigenvalue weighted by Crippen LogP contribution is -2.25. The van der Waals surface area contributed by atoms with E-state index < -0.39 is 0 Å². The quantitative estimate of drug-likeness (QED) is 0.513. The lowest BCUT2D eigenvalue weighted by atomic mass is 10.4. The van der Waals surface area contributed by atoms with Crippen molar-refractivity contribution < 1.29 is 0 Å². The topological polar surface area (TPSA) is 29.3 Å². The van der Waals surface area contributed by atoms with Crippen molar-refractivity contribution in [2.24, 2.45) is 5.73 Å². The van der Waals surface area contributed by atoms with Crippen LogP contribution in [0.4, 0.5) is 0 Å². The molecule has 9 heavy (non-hydrogen) atoms. The van der Waals surface area contributed by atoms with E-state index in [1.165, 1.54) is 0 Å². The Morgan fingerprint density at radius 2 is 2.56 bits per heavy atom. The summed E-state index contributed by atoms with van der Waals surface area (Å²) in [5.74, 6) is 5.81. The summed E-state index contributed by atoms with van der Waals surface area (Å²) >= 11 is 0. The molecule has 2 N–H and O–H groups in total. The van der Waals surface area contributed by atoms with Gasteiger partial charge >= 0.3 is 0 Å². The molecule has 0 saturated carbocycles. The molecule has 0 fully saturated rings. The largest absolute Gasteiger partial charge is 0.364 e. The molecule has 2 heteroatoms. The van der Waals surface area contributed by atoms with E-state index in [0.717, 1.165) is 13.1 Å². The summed E-state index contributed by atoms with van der Waals surface area (Å²) in [5, 5.41) is 0. The summed E-state index contributed by atoms with van der Waals surface area (Å²) in [6.45, 7) is 2.44. The van der Waals surface area contributed by atoms with Gasteiger partial charge in [-0.1, -0.05) is 11.8 Å². The van der Waals surface area contributed by atoms with E-state index in [4.69, 9.17) is 5.73 Å². The van der Waals surface area contributed by atoms with E-state index in [-0.39, 0.29) is 0 Å². The zero-order chi connectivity index (χ0) is 6.53. The van der Waals surface area contributed by atoms with Gasteiger partial charge in [0.1, 0.15) is 0 Å². The Morgan fingerprint density at radius 1 is 1.67 bits per heavy atom. The molecule has 0 saturated heterocycles. The van der Waals surface area contributed by atoms with Crippen molar-refractivity contribution in [3.8, 4) is 11.8 Å². The molecule has 48 valence electrons. The molecule has 0 unspecified atom stereocenters. The molecule has 0 spiro atoms. The highest BCUT2D eigenvalue weighted by atomic mass is 15.1. The van der Waals surface area contributed by atoms with Gasteiger partial charge in [0, 0.05) is 25.4 Å². The molecule has 0 atom stereocenters. The van der Waals surface area contributed by atoms with Gasteiger partial charge in [0.15, 0.2) is 0 Å². The van der Waals surface area contributed by atoms with Gasteiger partial charge < -0.3 is 10.6 Å². The summed E-state index contributed by atoms with van der Waals surface area (Å²) < 4.78 is 0. The predicted octanol–water partition coefficient (Wildman–Crippen LogP) is -0.222. The van der Waals surface area contributed by atoms with Gasteiger partial charge in [0.25, 0.3) is 0 Å². The highest BCUT2D eigenvalue weighted by Crippen LogP contribution is 1.90. The third-order valence-corrected chi connectivity index (χ3v) is 1.17. The number of hydrogen-bond donors (Lipinski definition) is 1. The van der Waals surface area contributed by atoms with Crippen molar-refractivity contribution >= 4 is 0 Å². The molecule has 1 rings (SSSR count). The van der Waals surface area contributed by atoms with Crippen LogP contribution >= 0.6 is 0 Å². The summed E-state index contributed by atoms with van der Waals surface area (Å²) in [7, 11) is 0. The fraction of sp³-hybridized carbons (Fsp3) is 0.429. The third kappa shape index (κ3) is 1.79. The molecular weight excluding hydrogens is 112 g/mol. The first kappa shape index (κ1) is 6.18. The van der Waals surface area contributed by atoms with Crippen LogP contribution in [-0.4, -0.2) is 24.5 Å². The van der Waals surface area contributed by atoms with Crippen LogP contribution in [0.2, 0.25) is 0 Å². The maximum Gasteiger partial charge on any atom is 0.0793 e. The van der Waals surface area contributed by atoms with E-state index in [1.54, 1.807) is 0 Å². The molecule has 0 bridgehead atoms. The predicted molar refractivity (Wildman–Crippen MR) is 37.5 cm³/mol. The number of nitrogens with two attached hydrogens (primary N) is 1. The minimum absolute atomic E-state index is 0.700. The van der Waals surface area contributed by atoms with Crippen molar-refractivity contribution in [1.82, 2.24) is 4.90 Å². The van der Waals surface area contributed by atoms with E-state index in [9.17, 15) is 0 Å². The minimum Gasteiger partial charge on any atom is -0.364 e. The highest BCUT2D eigenvalue weighted by molar-refractivity contribution is 5.20. The molecule has 2 nitrogen and oxygen atoms in total. The van der Waals surface area contributed by atoms with Crippen molar-refractivity contribution in [2.45, 2.75) is 0 Å². The standard InChI is InChI=1S/C7H10N2/c8-4-7-9-5-2-1-3-6-9/h2,5H,4,6-8H2. The van der Waals surface area contributed by atoms with Crippen molar-refractivity contribution in [2.75, 3.05) is 19.6 Å². The molecule has 1 heterocycles. The first-order chi connectivity index (χ1) is 4.43. The van der Waals surface area contributed by atoms with E-state index in [0.29, 0.717) is 6.54 Å². The zero-order valence-corrected chi connectivity index (χ0v) is 5.30. The van der Waals surface area contributed by atoms with Crippen LogP contribution in [0.3, 0.4) is 0 Å². The van der Waals surface area contributed by atoms with Crippen LogP contribution in [0, 0.1) is 11.8 Å². The lowest BCUT2D eigenvalue weighted by Gasteiger charge is -2.16. The first-order valence-corrected chi connectivity index (χ1v) is 3.02. The monoisotopic (exact) mass is 122 g/mol. The van der Waals surface area contributed by atoms with Gasteiger partial charge in [0.05, 0.1) is 6.54 Å². The lowest BCUT2D eigenvalue weighted by molar-refractivity contribution is 0.430. The number of hydrogen-bond acceptors (Lipinski definition) is 2. The smallest absolute Gasteiger partial charge is 0.0793 e. The SMILES string of the molecule is NCCN1C=CC#CC1. The fourth-order valence-electron chi connectivity index (χ4n) is 0.721. The second kappa shape index (κ2) is 3.16. The van der Waals surface area contributed by atoms with Crippen LogP contribution in [0.5, 0.6) is 0 Å². The van der Waals surface area contributed by atoms with Crippen molar-refractivity contribution in [3.05, 3.63) is 12.3 Å². The maximum atomic E-state index is 5.34. The summed E-state index contributed by atoms with van der Waals surface area (Å²) in [4.78, 5) is 2.09. The average molecular weight is 122 g/mol. The third-order valence-electron chi connectivity index (χ3n) is 1.17. The van der Waals surface area contributed by atoms with Gasteiger partial charge in [0.2, 0.25) is 0 Å². The van der Waals surface area contributed by atoms with Gasteiger partial charge in [-0.2, -0.15) is 0 Å². The molecule has 0 aromatic rings. The molecule has 0 radical (unpaired) electrons. The molecular formula is C7H10N2. The van der Waals surface area contributed by atoms with Crippen LogP contribution in [0.25, 0.3) is 0 Å². The van der Waals surface area contributed by atoms with E-state index in [2.05, 4.69) is 16.7 Å². The Kier molecular flexibility index (Phi) is 2.17. The van der Waals surface area contributed by atoms with E-state index >= 15 is 0 Å². The Hall–Kier alpha value is -0.940. The van der Waals surface area contributed by atoms with Gasteiger partial charge in [-0.25, -0.2) is 0 Å². The fourth-order valence-corrected chi connectivity index (χ4v) is 0.721. The first-order valence-electron chi connectivity index (χ1n) is 3.02. The number of nitrogens with zero attached hydrogens (tertiary/aromatic N) is 1. The van der Waals surface area contributed by atoms with E-state index in [1.807, 2.05) is 12.3 Å². The molecule has 0 aromatic carbocycles. The summed E-state index contributed by atoms with van der Waals surface area (Å²) in [6.07, 6.45) is 3.82. The van der Waals surface area contributed by atoms with Crippen LogP contribution < -0.4 is 5.73 Å². The molecule has 0 aliphatic carbocycles. The number of allylic oxidation sites excluding steroid dienone is 1.